The minimum absolute atomic E-state index is 0. The van der Waals surface area contributed by atoms with E-state index in [4.69, 9.17) is 9.47 Å². The standard InChI is InChI=1S/C18H22N4O4.ClH/c1-5-26-13-8-11(6-7-12(13)25-4)16(14-9(2)19-21-17(14)23)15-10(3)20-22-18(15)24;/h6-8,16H,5H2,1-4H3,(H2,19,21,23)(H2,20,22,24);1H. The van der Waals surface area contributed by atoms with Crippen molar-refractivity contribution in [2.24, 2.45) is 0 Å². The summed E-state index contributed by atoms with van der Waals surface area (Å²) in [5.74, 6) is 0.602. The van der Waals surface area contributed by atoms with Crippen molar-refractivity contribution in [1.29, 1.82) is 0 Å². The van der Waals surface area contributed by atoms with E-state index in [0.717, 1.165) is 5.56 Å². The number of nitrogens with one attached hydrogen (secondary N) is 4. The highest BCUT2D eigenvalue weighted by Crippen LogP contribution is 2.36. The molecular formula is C18H23ClN4O4. The summed E-state index contributed by atoms with van der Waals surface area (Å²) < 4.78 is 11.0. The van der Waals surface area contributed by atoms with Crippen LogP contribution in [0.15, 0.2) is 27.8 Å². The van der Waals surface area contributed by atoms with Crippen LogP contribution in [-0.2, 0) is 0 Å². The zero-order valence-corrected chi connectivity index (χ0v) is 16.4. The maximum atomic E-state index is 12.4. The first kappa shape index (κ1) is 20.4. The molecule has 1 aromatic carbocycles. The molecule has 0 aliphatic heterocycles. The molecule has 2 aromatic heterocycles. The third-order valence-corrected chi connectivity index (χ3v) is 4.42. The van der Waals surface area contributed by atoms with E-state index in [0.29, 0.717) is 40.6 Å². The van der Waals surface area contributed by atoms with Gasteiger partial charge in [-0.05, 0) is 38.5 Å². The summed E-state index contributed by atoms with van der Waals surface area (Å²) in [6.45, 7) is 5.94. The minimum Gasteiger partial charge on any atom is -0.493 e. The van der Waals surface area contributed by atoms with Crippen LogP contribution in [0.25, 0.3) is 0 Å². The van der Waals surface area contributed by atoms with Crippen molar-refractivity contribution >= 4 is 12.4 Å². The number of rotatable bonds is 6. The first-order valence-electron chi connectivity index (χ1n) is 8.32. The molecule has 9 heteroatoms. The summed E-state index contributed by atoms with van der Waals surface area (Å²) in [7, 11) is 1.57. The summed E-state index contributed by atoms with van der Waals surface area (Å²) in [5, 5.41) is 10.9. The molecule has 2 heterocycles. The molecular weight excluding hydrogens is 372 g/mol. The average Bonchev–Trinajstić information content (AvgIpc) is 3.13. The van der Waals surface area contributed by atoms with Crippen molar-refractivity contribution in [3.05, 3.63) is 67.0 Å². The monoisotopic (exact) mass is 394 g/mol. The quantitative estimate of drug-likeness (QED) is 0.513. The second-order valence-electron chi connectivity index (χ2n) is 6.01. The van der Waals surface area contributed by atoms with Gasteiger partial charge >= 0.3 is 0 Å². The average molecular weight is 395 g/mol. The van der Waals surface area contributed by atoms with E-state index in [9.17, 15) is 9.59 Å². The minimum atomic E-state index is -0.551. The fourth-order valence-corrected chi connectivity index (χ4v) is 3.22. The highest BCUT2D eigenvalue weighted by atomic mass is 35.5. The van der Waals surface area contributed by atoms with Crippen LogP contribution in [0.3, 0.4) is 0 Å². The van der Waals surface area contributed by atoms with Gasteiger partial charge in [0.1, 0.15) is 0 Å². The maximum Gasteiger partial charge on any atom is 0.268 e. The molecule has 0 spiro atoms. The summed E-state index contributed by atoms with van der Waals surface area (Å²) in [5.41, 5.74) is 2.57. The number of H-pyrrole nitrogens is 4. The number of aryl methyl sites for hydroxylation is 2. The van der Waals surface area contributed by atoms with Gasteiger partial charge in [-0.1, -0.05) is 6.07 Å². The predicted molar refractivity (Wildman–Crippen MR) is 105 cm³/mol. The largest absolute Gasteiger partial charge is 0.493 e. The van der Waals surface area contributed by atoms with Crippen LogP contribution in [0.5, 0.6) is 11.5 Å². The molecule has 0 atom stereocenters. The van der Waals surface area contributed by atoms with Crippen molar-refractivity contribution in [3.63, 3.8) is 0 Å². The van der Waals surface area contributed by atoms with Crippen LogP contribution >= 0.6 is 12.4 Å². The van der Waals surface area contributed by atoms with Gasteiger partial charge in [0.05, 0.1) is 24.8 Å². The van der Waals surface area contributed by atoms with Crippen LogP contribution in [0, 0.1) is 13.8 Å². The molecule has 3 rings (SSSR count). The number of benzene rings is 1. The van der Waals surface area contributed by atoms with Gasteiger partial charge in [0.2, 0.25) is 0 Å². The molecule has 4 N–H and O–H groups in total. The molecule has 3 aromatic rings. The SMILES string of the molecule is CCOc1cc(C(c2c(C)[nH][nH]c2=O)c2c(C)[nH][nH]c2=O)ccc1OC.Cl. The Labute approximate surface area is 161 Å². The van der Waals surface area contributed by atoms with E-state index in [1.54, 1.807) is 27.0 Å². The third kappa shape index (κ3) is 3.66. The van der Waals surface area contributed by atoms with E-state index in [-0.39, 0.29) is 23.5 Å². The molecule has 0 amide bonds. The van der Waals surface area contributed by atoms with E-state index in [2.05, 4.69) is 20.4 Å². The Morgan fingerprint density at radius 2 is 1.48 bits per heavy atom. The van der Waals surface area contributed by atoms with E-state index in [1.807, 2.05) is 19.1 Å². The van der Waals surface area contributed by atoms with Crippen molar-refractivity contribution in [3.8, 4) is 11.5 Å². The van der Waals surface area contributed by atoms with Gasteiger partial charge in [-0.3, -0.25) is 19.8 Å². The van der Waals surface area contributed by atoms with Crippen LogP contribution in [0.1, 0.15) is 40.9 Å². The van der Waals surface area contributed by atoms with Gasteiger partial charge in [-0.15, -0.1) is 12.4 Å². The Morgan fingerprint density at radius 3 is 1.89 bits per heavy atom. The lowest BCUT2D eigenvalue weighted by Gasteiger charge is -2.18. The molecule has 0 aliphatic rings. The van der Waals surface area contributed by atoms with Gasteiger partial charge in [0.15, 0.2) is 11.5 Å². The molecule has 146 valence electrons. The van der Waals surface area contributed by atoms with Crippen LogP contribution in [0.4, 0.5) is 0 Å². The summed E-state index contributed by atoms with van der Waals surface area (Å²) in [6.07, 6.45) is 0. The normalized spacial score (nSPS) is 10.7. The molecule has 0 unspecified atom stereocenters. The maximum absolute atomic E-state index is 12.4. The van der Waals surface area contributed by atoms with Crippen molar-refractivity contribution in [2.45, 2.75) is 26.7 Å². The van der Waals surface area contributed by atoms with Gasteiger partial charge in [0.25, 0.3) is 11.1 Å². The Hall–Kier alpha value is -2.87. The first-order valence-corrected chi connectivity index (χ1v) is 8.32. The zero-order valence-electron chi connectivity index (χ0n) is 15.6. The number of methoxy groups -OCH3 is 1. The Bertz CT molecular complexity index is 976. The van der Waals surface area contributed by atoms with Crippen molar-refractivity contribution in [2.75, 3.05) is 13.7 Å². The fraction of sp³-hybridized carbons (Fsp3) is 0.333. The molecule has 0 fully saturated rings. The van der Waals surface area contributed by atoms with Gasteiger partial charge in [-0.2, -0.15) is 0 Å². The number of aromatic nitrogens is 4. The number of hydrogen-bond donors (Lipinski definition) is 4. The highest BCUT2D eigenvalue weighted by Gasteiger charge is 2.28. The van der Waals surface area contributed by atoms with Crippen molar-refractivity contribution in [1.82, 2.24) is 20.4 Å². The smallest absolute Gasteiger partial charge is 0.268 e. The number of hydrogen-bond acceptors (Lipinski definition) is 4. The van der Waals surface area contributed by atoms with Crippen LogP contribution in [0.2, 0.25) is 0 Å². The summed E-state index contributed by atoms with van der Waals surface area (Å²) in [4.78, 5) is 24.9. The van der Waals surface area contributed by atoms with Crippen LogP contribution < -0.4 is 20.6 Å². The lowest BCUT2D eigenvalue weighted by Crippen LogP contribution is -2.20. The Balaban J connectivity index is 0.00000261. The van der Waals surface area contributed by atoms with E-state index in [1.165, 1.54) is 0 Å². The zero-order chi connectivity index (χ0) is 18.8. The predicted octanol–water partition coefficient (Wildman–Crippen LogP) is 2.35. The van der Waals surface area contributed by atoms with Gasteiger partial charge in [-0.25, -0.2) is 0 Å². The highest BCUT2D eigenvalue weighted by molar-refractivity contribution is 5.85. The number of ether oxygens (including phenoxy) is 2. The van der Waals surface area contributed by atoms with Crippen molar-refractivity contribution < 1.29 is 9.47 Å². The number of aromatic amines is 4. The van der Waals surface area contributed by atoms with Gasteiger partial charge < -0.3 is 19.7 Å². The molecule has 0 saturated carbocycles. The molecule has 0 aliphatic carbocycles. The van der Waals surface area contributed by atoms with E-state index >= 15 is 0 Å². The molecule has 27 heavy (non-hydrogen) atoms. The first-order chi connectivity index (χ1) is 12.5. The Kier molecular flexibility index (Phi) is 6.22. The van der Waals surface area contributed by atoms with Crippen LogP contribution in [-0.4, -0.2) is 34.1 Å². The second kappa shape index (κ2) is 8.22. The third-order valence-electron chi connectivity index (χ3n) is 4.42. The molecule has 0 saturated heterocycles. The van der Waals surface area contributed by atoms with Gasteiger partial charge in [0, 0.05) is 17.3 Å². The van der Waals surface area contributed by atoms with E-state index < -0.39 is 5.92 Å². The molecule has 0 bridgehead atoms. The Morgan fingerprint density at radius 1 is 0.926 bits per heavy atom. The molecule has 0 radical (unpaired) electrons. The lowest BCUT2D eigenvalue weighted by atomic mass is 9.85. The fourth-order valence-electron chi connectivity index (χ4n) is 3.22. The second-order valence-corrected chi connectivity index (χ2v) is 6.01. The number of halogens is 1. The summed E-state index contributed by atoms with van der Waals surface area (Å²) >= 11 is 0. The molecule has 8 nitrogen and oxygen atoms in total. The summed E-state index contributed by atoms with van der Waals surface area (Å²) in [6, 6.07) is 5.42. The topological polar surface area (TPSA) is 116 Å². The lowest BCUT2D eigenvalue weighted by molar-refractivity contribution is 0.310.